The van der Waals surface area contributed by atoms with Crippen molar-refractivity contribution in [1.29, 1.82) is 0 Å². The van der Waals surface area contributed by atoms with Gasteiger partial charge in [0.2, 0.25) is 12.1 Å². The van der Waals surface area contributed by atoms with Gasteiger partial charge in [-0.2, -0.15) is 12.7 Å². The predicted molar refractivity (Wildman–Crippen MR) is 76.0 cm³/mol. The second-order valence-corrected chi connectivity index (χ2v) is 6.11. The first-order chi connectivity index (χ1) is 10.7. The van der Waals surface area contributed by atoms with Crippen LogP contribution in [0.4, 0.5) is 0 Å². The molecule has 2 atom stereocenters. The Morgan fingerprint density at radius 1 is 1.30 bits per heavy atom. The topological polar surface area (TPSA) is 130 Å². The van der Waals surface area contributed by atoms with Gasteiger partial charge in [-0.05, 0) is 5.56 Å². The lowest BCUT2D eigenvalue weighted by molar-refractivity contribution is -0.178. The van der Waals surface area contributed by atoms with Crippen molar-refractivity contribution in [3.8, 4) is 0 Å². The van der Waals surface area contributed by atoms with Crippen LogP contribution in [0.25, 0.3) is 0 Å². The summed E-state index contributed by atoms with van der Waals surface area (Å²) >= 11 is 0. The van der Waals surface area contributed by atoms with E-state index in [2.05, 4.69) is 10.1 Å². The average molecular weight is 342 g/mol. The van der Waals surface area contributed by atoms with Crippen LogP contribution in [-0.4, -0.2) is 47.3 Å². The van der Waals surface area contributed by atoms with E-state index in [1.165, 1.54) is 0 Å². The number of nitrogens with zero attached hydrogens (tertiary/aromatic N) is 1. The third kappa shape index (κ3) is 3.85. The van der Waals surface area contributed by atoms with E-state index in [9.17, 15) is 22.8 Å². The highest BCUT2D eigenvalue weighted by atomic mass is 32.2. The van der Waals surface area contributed by atoms with Crippen LogP contribution in [0.1, 0.15) is 12.5 Å². The molecule has 9 nitrogen and oxygen atoms in total. The molecule has 0 radical (unpaired) electrons. The van der Waals surface area contributed by atoms with Crippen LogP contribution in [0.15, 0.2) is 30.3 Å². The highest BCUT2D eigenvalue weighted by molar-refractivity contribution is 7.84. The Labute approximate surface area is 132 Å². The molecule has 124 valence electrons. The second kappa shape index (κ2) is 6.34. The number of benzene rings is 1. The van der Waals surface area contributed by atoms with Crippen molar-refractivity contribution in [2.24, 2.45) is 0 Å². The first-order valence-corrected chi connectivity index (χ1v) is 7.91. The molecule has 1 aromatic rings. The average Bonchev–Trinajstić information content (AvgIpc) is 2.43. The fraction of sp³-hybridized carbons (Fsp3) is 0.308. The molecule has 1 saturated heterocycles. The van der Waals surface area contributed by atoms with E-state index < -0.39 is 40.4 Å². The second-order valence-electron chi connectivity index (χ2n) is 4.82. The summed E-state index contributed by atoms with van der Waals surface area (Å²) in [4.78, 5) is 34.7. The molecule has 0 bridgehead atoms. The van der Waals surface area contributed by atoms with Crippen molar-refractivity contribution in [3.05, 3.63) is 35.9 Å². The van der Waals surface area contributed by atoms with Gasteiger partial charge in [-0.3, -0.25) is 18.9 Å². The number of rotatable bonds is 5. The minimum absolute atomic E-state index is 0.00185. The maximum absolute atomic E-state index is 11.9. The van der Waals surface area contributed by atoms with E-state index in [1.54, 1.807) is 30.3 Å². The molecule has 10 heteroatoms. The zero-order chi connectivity index (χ0) is 17.2. The fourth-order valence-electron chi connectivity index (χ4n) is 2.11. The molecule has 1 aliphatic rings. The van der Waals surface area contributed by atoms with Crippen molar-refractivity contribution in [1.82, 2.24) is 9.62 Å². The van der Waals surface area contributed by atoms with Gasteiger partial charge in [-0.1, -0.05) is 30.3 Å². The van der Waals surface area contributed by atoms with Crippen LogP contribution in [0.5, 0.6) is 0 Å². The van der Waals surface area contributed by atoms with Crippen LogP contribution >= 0.6 is 0 Å². The lowest BCUT2D eigenvalue weighted by atomic mass is 10.1. The van der Waals surface area contributed by atoms with E-state index in [1.807, 2.05) is 0 Å². The predicted octanol–water partition coefficient (Wildman–Crippen LogP) is -0.752. The van der Waals surface area contributed by atoms with Gasteiger partial charge in [0.05, 0.1) is 6.42 Å². The van der Waals surface area contributed by atoms with E-state index in [4.69, 9.17) is 4.55 Å². The number of esters is 1. The summed E-state index contributed by atoms with van der Waals surface area (Å²) in [5.74, 6) is -2.50. The SMILES string of the molecule is CC(=O)O[C@H]1[C@H](NC(=O)Cc2ccccc2)C(=O)N1S(=O)(=O)O. The van der Waals surface area contributed by atoms with Gasteiger partial charge < -0.3 is 10.1 Å². The van der Waals surface area contributed by atoms with Gasteiger partial charge in [0.15, 0.2) is 6.04 Å². The molecule has 2 N–H and O–H groups in total. The third-order valence-corrected chi connectivity index (χ3v) is 3.94. The third-order valence-electron chi connectivity index (χ3n) is 3.06. The summed E-state index contributed by atoms with van der Waals surface area (Å²) in [5, 5.41) is 2.29. The number of carbonyl (C=O) groups excluding carboxylic acids is 3. The molecule has 2 rings (SSSR count). The van der Waals surface area contributed by atoms with E-state index in [0.29, 0.717) is 5.56 Å². The summed E-state index contributed by atoms with van der Waals surface area (Å²) in [6.07, 6.45) is -1.64. The zero-order valence-electron chi connectivity index (χ0n) is 12.0. The number of β-lactam (4-membered cyclic amide) rings is 1. The maximum atomic E-state index is 11.9. The molecular weight excluding hydrogens is 328 g/mol. The highest BCUT2D eigenvalue weighted by Crippen LogP contribution is 2.24. The first-order valence-electron chi connectivity index (χ1n) is 6.51. The zero-order valence-corrected chi connectivity index (χ0v) is 12.8. The minimum Gasteiger partial charge on any atom is -0.438 e. The lowest BCUT2D eigenvalue weighted by Gasteiger charge is -2.42. The molecule has 1 heterocycles. The van der Waals surface area contributed by atoms with Crippen LogP contribution in [0.2, 0.25) is 0 Å². The standard InChI is InChI=1S/C13H14N2O7S/c1-8(16)22-13-11(12(18)15(13)23(19,20)21)14-10(17)7-9-5-3-2-4-6-9/h2-6,11,13H,7H2,1H3,(H,14,17)(H,19,20,21)/t11-,13+/m1/s1. The molecule has 2 amide bonds. The van der Waals surface area contributed by atoms with Crippen LogP contribution in [-0.2, 0) is 35.8 Å². The molecule has 0 unspecified atom stereocenters. The number of nitrogens with one attached hydrogen (secondary N) is 1. The van der Waals surface area contributed by atoms with Gasteiger partial charge in [0.1, 0.15) is 0 Å². The Bertz CT molecular complexity index is 732. The largest absolute Gasteiger partial charge is 0.438 e. The number of ether oxygens (including phenoxy) is 1. The van der Waals surface area contributed by atoms with Crippen molar-refractivity contribution < 1.29 is 32.1 Å². The quantitative estimate of drug-likeness (QED) is 0.409. The molecule has 1 fully saturated rings. The summed E-state index contributed by atoms with van der Waals surface area (Å²) in [6, 6.07) is 7.29. The van der Waals surface area contributed by atoms with Crippen molar-refractivity contribution >= 4 is 28.1 Å². The fourth-order valence-corrected chi connectivity index (χ4v) is 2.88. The molecule has 23 heavy (non-hydrogen) atoms. The number of hydrogen-bond acceptors (Lipinski definition) is 6. The summed E-state index contributed by atoms with van der Waals surface area (Å²) < 4.78 is 35.8. The molecule has 0 spiro atoms. The van der Waals surface area contributed by atoms with Crippen LogP contribution in [0.3, 0.4) is 0 Å². The Hall–Kier alpha value is -2.46. The number of amides is 2. The van der Waals surface area contributed by atoms with Crippen LogP contribution < -0.4 is 5.32 Å². The van der Waals surface area contributed by atoms with Gasteiger partial charge in [0, 0.05) is 6.92 Å². The van der Waals surface area contributed by atoms with Crippen LogP contribution in [0, 0.1) is 0 Å². The molecule has 0 aromatic heterocycles. The normalized spacial score (nSPS) is 20.6. The van der Waals surface area contributed by atoms with Gasteiger partial charge in [0.25, 0.3) is 5.91 Å². The Kier molecular flexibility index (Phi) is 4.66. The number of hydrogen-bond donors (Lipinski definition) is 2. The molecule has 1 aromatic carbocycles. The molecule has 0 saturated carbocycles. The van der Waals surface area contributed by atoms with Gasteiger partial charge >= 0.3 is 16.3 Å². The smallest absolute Gasteiger partial charge is 0.365 e. The van der Waals surface area contributed by atoms with E-state index in [0.717, 1.165) is 6.92 Å². The Morgan fingerprint density at radius 3 is 2.43 bits per heavy atom. The van der Waals surface area contributed by atoms with E-state index >= 15 is 0 Å². The molecule has 1 aliphatic heterocycles. The van der Waals surface area contributed by atoms with Gasteiger partial charge in [-0.15, -0.1) is 0 Å². The Morgan fingerprint density at radius 2 is 1.91 bits per heavy atom. The lowest BCUT2D eigenvalue weighted by Crippen LogP contribution is -2.73. The van der Waals surface area contributed by atoms with E-state index in [-0.39, 0.29) is 10.7 Å². The molecular formula is C13H14N2O7S. The summed E-state index contributed by atoms with van der Waals surface area (Å²) in [5.41, 5.74) is 0.687. The maximum Gasteiger partial charge on any atom is 0.365 e. The minimum atomic E-state index is -4.88. The van der Waals surface area contributed by atoms with Crippen molar-refractivity contribution in [2.75, 3.05) is 0 Å². The summed E-state index contributed by atoms with van der Waals surface area (Å²) in [7, 11) is -4.88. The van der Waals surface area contributed by atoms with Crippen molar-refractivity contribution in [2.45, 2.75) is 25.6 Å². The number of carbonyl (C=O) groups is 3. The Balaban J connectivity index is 2.07. The highest BCUT2D eigenvalue weighted by Gasteiger charge is 2.56. The molecule has 0 aliphatic carbocycles. The van der Waals surface area contributed by atoms with Gasteiger partial charge in [-0.25, -0.2) is 0 Å². The first kappa shape index (κ1) is 16.9. The van der Waals surface area contributed by atoms with Crippen molar-refractivity contribution in [3.63, 3.8) is 0 Å². The summed E-state index contributed by atoms with van der Waals surface area (Å²) in [6.45, 7) is 1.01. The monoisotopic (exact) mass is 342 g/mol.